The van der Waals surface area contributed by atoms with Gasteiger partial charge in [0.2, 0.25) is 5.01 Å². The largest absolute Gasteiger partial charge is 0.497 e. The first-order chi connectivity index (χ1) is 15.0. The van der Waals surface area contributed by atoms with Gasteiger partial charge >= 0.3 is 6.03 Å². The zero-order valence-electron chi connectivity index (χ0n) is 17.3. The molecule has 0 unspecified atom stereocenters. The highest BCUT2D eigenvalue weighted by Gasteiger charge is 2.33. The van der Waals surface area contributed by atoms with Crippen LogP contribution in [0.25, 0.3) is 0 Å². The number of carbonyl (C=O) groups excluding carboxylic acids is 2. The molecule has 4 rings (SSSR count). The third kappa shape index (κ3) is 4.83. The first-order valence-electron chi connectivity index (χ1n) is 9.96. The van der Waals surface area contributed by atoms with Gasteiger partial charge in [-0.05, 0) is 56.2 Å². The molecule has 9 heteroatoms. The minimum absolute atomic E-state index is 0.198. The predicted octanol–water partition coefficient (Wildman–Crippen LogP) is 4.48. The molecule has 1 aliphatic heterocycles. The number of rotatable bonds is 5. The van der Waals surface area contributed by atoms with Crippen LogP contribution >= 0.6 is 11.3 Å². The molecule has 0 aliphatic carbocycles. The fraction of sp³-hybridized carbons (Fsp3) is 0.273. The molecule has 1 saturated heterocycles. The van der Waals surface area contributed by atoms with Gasteiger partial charge in [-0.25, -0.2) is 4.79 Å². The third-order valence-electron chi connectivity index (χ3n) is 5.08. The number of benzene rings is 2. The number of aromatic nitrogens is 2. The maximum Gasteiger partial charge on any atom is 0.322 e. The van der Waals surface area contributed by atoms with Crippen LogP contribution in [0, 0.1) is 6.92 Å². The molecule has 8 nitrogen and oxygen atoms in total. The molecule has 0 spiro atoms. The van der Waals surface area contributed by atoms with E-state index in [1.807, 2.05) is 31.2 Å². The number of aryl methyl sites for hydroxylation is 1. The molecule has 2 N–H and O–H groups in total. The maximum absolute atomic E-state index is 12.8. The average molecular weight is 438 g/mol. The summed E-state index contributed by atoms with van der Waals surface area (Å²) < 4.78 is 5.14. The first-order valence-corrected chi connectivity index (χ1v) is 10.8. The Bertz CT molecular complexity index is 1070. The van der Waals surface area contributed by atoms with Crippen LogP contribution in [0.4, 0.5) is 16.2 Å². The van der Waals surface area contributed by atoms with Gasteiger partial charge in [-0.15, -0.1) is 10.2 Å². The van der Waals surface area contributed by atoms with Crippen molar-refractivity contribution in [3.63, 3.8) is 0 Å². The number of amides is 3. The highest BCUT2D eigenvalue weighted by molar-refractivity contribution is 7.13. The normalized spacial score (nSPS) is 15.5. The van der Waals surface area contributed by atoms with Crippen molar-refractivity contribution in [2.24, 2.45) is 0 Å². The summed E-state index contributed by atoms with van der Waals surface area (Å²) in [7, 11) is 1.60. The molecule has 0 saturated carbocycles. The lowest BCUT2D eigenvalue weighted by molar-refractivity contribution is 0.102. The first kappa shape index (κ1) is 20.8. The number of ether oxygens (including phenoxy) is 1. The van der Waals surface area contributed by atoms with E-state index in [0.29, 0.717) is 22.9 Å². The van der Waals surface area contributed by atoms with Crippen molar-refractivity contribution in [2.75, 3.05) is 24.3 Å². The molecule has 1 atom stereocenters. The molecule has 31 heavy (non-hydrogen) atoms. The summed E-state index contributed by atoms with van der Waals surface area (Å²) in [6, 6.07) is 14.3. The van der Waals surface area contributed by atoms with Crippen LogP contribution in [0.1, 0.15) is 39.3 Å². The summed E-state index contributed by atoms with van der Waals surface area (Å²) in [6.45, 7) is 2.61. The highest BCUT2D eigenvalue weighted by Crippen LogP contribution is 2.34. The van der Waals surface area contributed by atoms with Crippen LogP contribution in [0.5, 0.6) is 5.75 Å². The summed E-state index contributed by atoms with van der Waals surface area (Å²) >= 11 is 1.22. The molecular formula is C22H23N5O3S. The van der Waals surface area contributed by atoms with Gasteiger partial charge in [-0.2, -0.15) is 0 Å². The van der Waals surface area contributed by atoms with Crippen molar-refractivity contribution in [3.05, 3.63) is 64.1 Å². The zero-order chi connectivity index (χ0) is 21.8. The third-order valence-corrected chi connectivity index (χ3v) is 6.11. The molecule has 0 bridgehead atoms. The Kier molecular flexibility index (Phi) is 6.13. The Hall–Kier alpha value is -3.46. The molecule has 3 amide bonds. The van der Waals surface area contributed by atoms with Gasteiger partial charge in [-0.3, -0.25) is 4.79 Å². The van der Waals surface area contributed by atoms with Crippen molar-refractivity contribution in [2.45, 2.75) is 25.8 Å². The van der Waals surface area contributed by atoms with Gasteiger partial charge < -0.3 is 20.3 Å². The number of hydrogen-bond donors (Lipinski definition) is 2. The van der Waals surface area contributed by atoms with Crippen LogP contribution in [0.3, 0.4) is 0 Å². The molecule has 160 valence electrons. The summed E-state index contributed by atoms with van der Waals surface area (Å²) in [5.74, 6) is 0.419. The number of nitrogens with one attached hydrogen (secondary N) is 2. The van der Waals surface area contributed by atoms with E-state index < -0.39 is 0 Å². The van der Waals surface area contributed by atoms with Crippen molar-refractivity contribution in [1.82, 2.24) is 15.1 Å². The van der Waals surface area contributed by atoms with Gasteiger partial charge in [0.05, 0.1) is 13.2 Å². The Morgan fingerprint density at radius 3 is 2.42 bits per heavy atom. The monoisotopic (exact) mass is 437 g/mol. The lowest BCUT2D eigenvalue weighted by Gasteiger charge is -2.23. The fourth-order valence-corrected chi connectivity index (χ4v) is 4.30. The number of urea groups is 1. The molecule has 3 aromatic rings. The molecule has 0 radical (unpaired) electrons. The molecule has 2 heterocycles. The Balaban J connectivity index is 1.42. The van der Waals surface area contributed by atoms with Crippen molar-refractivity contribution in [3.8, 4) is 5.75 Å². The summed E-state index contributed by atoms with van der Waals surface area (Å²) in [6.07, 6.45) is 1.65. The average Bonchev–Trinajstić information content (AvgIpc) is 3.45. The molecular weight excluding hydrogens is 414 g/mol. The van der Waals surface area contributed by atoms with Gasteiger partial charge in [0.15, 0.2) is 0 Å². The SMILES string of the molecule is COc1ccc(NC(=O)N2CCC[C@@H]2c2nnc(C(=O)Nc3ccc(C)cc3)s2)cc1. The number of methoxy groups -OCH3 is 1. The van der Waals surface area contributed by atoms with Crippen molar-refractivity contribution < 1.29 is 14.3 Å². The van der Waals surface area contributed by atoms with Gasteiger partial charge in [0, 0.05) is 17.9 Å². The smallest absolute Gasteiger partial charge is 0.322 e. The minimum Gasteiger partial charge on any atom is -0.497 e. The number of anilines is 2. The number of carbonyl (C=O) groups is 2. The molecule has 1 aromatic heterocycles. The standard InChI is InChI=1S/C22H23N5O3S/c1-14-5-7-15(8-6-14)23-19(28)21-26-25-20(31-21)18-4-3-13-27(18)22(29)24-16-9-11-17(30-2)12-10-16/h5-12,18H,3-4,13H2,1-2H3,(H,23,28)(H,24,29)/t18-/m1/s1. The van der Waals surface area contributed by atoms with Crippen molar-refractivity contribution >= 4 is 34.6 Å². The van der Waals surface area contributed by atoms with Crippen LogP contribution in [0.2, 0.25) is 0 Å². The van der Waals surface area contributed by atoms with Crippen LogP contribution in [0.15, 0.2) is 48.5 Å². The van der Waals surface area contributed by atoms with E-state index in [4.69, 9.17) is 4.74 Å². The Morgan fingerprint density at radius 1 is 1.03 bits per heavy atom. The van der Waals surface area contributed by atoms with Gasteiger partial charge in [-0.1, -0.05) is 29.0 Å². The van der Waals surface area contributed by atoms with Crippen LogP contribution in [-0.2, 0) is 0 Å². The van der Waals surface area contributed by atoms with E-state index >= 15 is 0 Å². The number of likely N-dealkylation sites (tertiary alicyclic amines) is 1. The minimum atomic E-state index is -0.306. The second-order valence-electron chi connectivity index (χ2n) is 7.28. The van der Waals surface area contributed by atoms with Crippen LogP contribution < -0.4 is 15.4 Å². The summed E-state index contributed by atoms with van der Waals surface area (Å²) in [4.78, 5) is 27.1. The topological polar surface area (TPSA) is 96.4 Å². The van der Waals surface area contributed by atoms with E-state index in [-0.39, 0.29) is 23.0 Å². The number of nitrogens with zero attached hydrogens (tertiary/aromatic N) is 3. The van der Waals surface area contributed by atoms with Crippen molar-refractivity contribution in [1.29, 1.82) is 0 Å². The summed E-state index contributed by atoms with van der Waals surface area (Å²) in [5.41, 5.74) is 2.51. The van der Waals surface area contributed by atoms with E-state index in [1.54, 1.807) is 36.3 Å². The predicted molar refractivity (Wildman–Crippen MR) is 120 cm³/mol. The molecule has 1 aliphatic rings. The van der Waals surface area contributed by atoms with E-state index in [9.17, 15) is 9.59 Å². The zero-order valence-corrected chi connectivity index (χ0v) is 18.1. The second kappa shape index (κ2) is 9.13. The number of hydrogen-bond acceptors (Lipinski definition) is 6. The van der Waals surface area contributed by atoms with E-state index in [2.05, 4.69) is 20.8 Å². The Morgan fingerprint density at radius 2 is 1.71 bits per heavy atom. The highest BCUT2D eigenvalue weighted by atomic mass is 32.1. The maximum atomic E-state index is 12.8. The van der Waals surface area contributed by atoms with Gasteiger partial charge in [0.1, 0.15) is 10.8 Å². The fourth-order valence-electron chi connectivity index (χ4n) is 3.42. The lowest BCUT2D eigenvalue weighted by atomic mass is 10.2. The van der Waals surface area contributed by atoms with E-state index in [0.717, 1.165) is 24.2 Å². The molecule has 2 aromatic carbocycles. The molecule has 1 fully saturated rings. The quantitative estimate of drug-likeness (QED) is 0.614. The second-order valence-corrected chi connectivity index (χ2v) is 8.28. The lowest BCUT2D eigenvalue weighted by Crippen LogP contribution is -2.34. The van der Waals surface area contributed by atoms with E-state index in [1.165, 1.54) is 11.3 Å². The van der Waals surface area contributed by atoms with Crippen LogP contribution in [-0.4, -0.2) is 40.7 Å². The Labute approximate surface area is 184 Å². The summed E-state index contributed by atoms with van der Waals surface area (Å²) in [5, 5.41) is 14.9. The van der Waals surface area contributed by atoms with Gasteiger partial charge in [0.25, 0.3) is 5.91 Å².